The molecule has 5 heteroatoms. The maximum atomic E-state index is 6.65. The van der Waals surface area contributed by atoms with E-state index in [4.69, 9.17) is 19.4 Å². The first kappa shape index (κ1) is 32.2. The third-order valence-electron chi connectivity index (χ3n) is 10.5. The first-order valence-electron chi connectivity index (χ1n) is 18.7. The molecule has 11 aromatic rings. The lowest BCUT2D eigenvalue weighted by molar-refractivity contribution is 0.669. The van der Waals surface area contributed by atoms with Gasteiger partial charge in [0.05, 0.1) is 0 Å². The second-order valence-corrected chi connectivity index (χ2v) is 15.1. The minimum Gasteiger partial charge on any atom is -0.456 e. The molecule has 0 atom stereocenters. The molecule has 0 radical (unpaired) electrons. The molecule has 0 aliphatic heterocycles. The third kappa shape index (κ3) is 5.56. The number of hydrogen-bond acceptors (Lipinski definition) is 5. The van der Waals surface area contributed by atoms with Crippen LogP contribution in [0.2, 0.25) is 0 Å². The minimum absolute atomic E-state index is 0.604. The van der Waals surface area contributed by atoms with Gasteiger partial charge in [-0.3, -0.25) is 0 Å². The van der Waals surface area contributed by atoms with Crippen molar-refractivity contribution in [1.82, 2.24) is 15.0 Å². The lowest BCUT2D eigenvalue weighted by atomic mass is 9.92. The predicted octanol–water partition coefficient (Wildman–Crippen LogP) is 14.1. The molecule has 0 N–H and O–H groups in total. The summed E-state index contributed by atoms with van der Waals surface area (Å²) in [7, 11) is 0. The van der Waals surface area contributed by atoms with E-state index in [1.165, 1.54) is 42.4 Å². The van der Waals surface area contributed by atoms with Gasteiger partial charge in [0.1, 0.15) is 11.2 Å². The van der Waals surface area contributed by atoms with Gasteiger partial charge in [0.25, 0.3) is 0 Å². The van der Waals surface area contributed by atoms with E-state index in [2.05, 4.69) is 115 Å². The molecule has 11 rings (SSSR count). The van der Waals surface area contributed by atoms with Gasteiger partial charge in [-0.2, -0.15) is 0 Å². The highest BCUT2D eigenvalue weighted by Crippen LogP contribution is 2.44. The van der Waals surface area contributed by atoms with Crippen LogP contribution in [0.25, 0.3) is 110 Å². The fourth-order valence-electron chi connectivity index (χ4n) is 7.87. The van der Waals surface area contributed by atoms with Crippen LogP contribution in [0.3, 0.4) is 0 Å². The molecule has 0 unspecified atom stereocenters. The summed E-state index contributed by atoms with van der Waals surface area (Å²) in [6.07, 6.45) is 0. The molecule has 3 aromatic heterocycles. The van der Waals surface area contributed by atoms with Gasteiger partial charge < -0.3 is 4.42 Å². The quantitative estimate of drug-likeness (QED) is 0.171. The van der Waals surface area contributed by atoms with Crippen LogP contribution in [0.5, 0.6) is 0 Å². The highest BCUT2D eigenvalue weighted by Gasteiger charge is 2.19. The normalized spacial score (nSPS) is 11.6. The van der Waals surface area contributed by atoms with E-state index in [1.54, 1.807) is 0 Å². The molecule has 56 heavy (non-hydrogen) atoms. The summed E-state index contributed by atoms with van der Waals surface area (Å²) in [4.78, 5) is 15.0. The van der Waals surface area contributed by atoms with E-state index in [-0.39, 0.29) is 0 Å². The fraction of sp³-hybridized carbons (Fsp3) is 0. The number of thiophene rings is 1. The summed E-state index contributed by atoms with van der Waals surface area (Å²) >= 11 is 1.84. The highest BCUT2D eigenvalue weighted by molar-refractivity contribution is 7.26. The van der Waals surface area contributed by atoms with Gasteiger partial charge in [-0.25, -0.2) is 15.0 Å². The van der Waals surface area contributed by atoms with Crippen molar-refractivity contribution in [2.45, 2.75) is 0 Å². The van der Waals surface area contributed by atoms with Gasteiger partial charge in [0, 0.05) is 47.6 Å². The molecule has 0 amide bonds. The van der Waals surface area contributed by atoms with Crippen molar-refractivity contribution in [3.63, 3.8) is 0 Å². The summed E-state index contributed by atoms with van der Waals surface area (Å²) in [5.41, 5.74) is 11.4. The zero-order valence-electron chi connectivity index (χ0n) is 30.1. The molecule has 4 nitrogen and oxygen atoms in total. The molecular weight excluding hydrogens is 703 g/mol. The van der Waals surface area contributed by atoms with Crippen molar-refractivity contribution < 1.29 is 4.42 Å². The zero-order chi connectivity index (χ0) is 37.0. The Bertz CT molecular complexity index is 3180. The van der Waals surface area contributed by atoms with Gasteiger partial charge in [-0.05, 0) is 75.8 Å². The Morgan fingerprint density at radius 3 is 1.68 bits per heavy atom. The number of nitrogens with zero attached hydrogens (tertiary/aromatic N) is 3. The number of benzene rings is 8. The molecule has 0 spiro atoms. The minimum atomic E-state index is 0.604. The number of fused-ring (bicyclic) bond motifs is 6. The first-order valence-corrected chi connectivity index (χ1v) is 19.5. The molecule has 0 aliphatic carbocycles. The summed E-state index contributed by atoms with van der Waals surface area (Å²) in [6.45, 7) is 0. The Labute approximate surface area is 327 Å². The lowest BCUT2D eigenvalue weighted by Gasteiger charge is -2.11. The van der Waals surface area contributed by atoms with Crippen molar-refractivity contribution in [2.75, 3.05) is 0 Å². The molecule has 0 saturated carbocycles. The van der Waals surface area contributed by atoms with E-state index < -0.39 is 0 Å². The van der Waals surface area contributed by atoms with Crippen LogP contribution in [0.15, 0.2) is 192 Å². The van der Waals surface area contributed by atoms with Crippen LogP contribution in [-0.4, -0.2) is 15.0 Å². The SMILES string of the molecule is c1ccc(-c2cccc(-c3cc(-c4ccc5c(c4)oc4cccc(-c6nc(-c7ccccc7)nc(-c7ccccc7)n6)c45)cc4sc5ccccc5c34)c2)cc1. The van der Waals surface area contributed by atoms with E-state index >= 15 is 0 Å². The summed E-state index contributed by atoms with van der Waals surface area (Å²) < 4.78 is 9.19. The Morgan fingerprint density at radius 2 is 0.929 bits per heavy atom. The Balaban J connectivity index is 1.08. The second kappa shape index (κ2) is 13.3. The van der Waals surface area contributed by atoms with Crippen LogP contribution in [-0.2, 0) is 0 Å². The molecule has 0 fully saturated rings. The van der Waals surface area contributed by atoms with Gasteiger partial charge in [0.15, 0.2) is 17.5 Å². The summed E-state index contributed by atoms with van der Waals surface area (Å²) in [5.74, 6) is 1.86. The standard InChI is InChI=1S/C51H31N3OS/c1-4-14-32(15-5-1)35-20-12-21-37(28-35)42-29-38(31-46-48(42)40-22-10-11-25-45(40)56-46)36-26-27-39-44(30-36)55-43-24-13-23-41(47(39)43)51-53-49(33-16-6-2-7-17-33)52-50(54-51)34-18-8-3-9-19-34/h1-31H. The maximum Gasteiger partial charge on any atom is 0.164 e. The second-order valence-electron chi connectivity index (χ2n) is 14.0. The van der Waals surface area contributed by atoms with Crippen LogP contribution < -0.4 is 0 Å². The third-order valence-corrected chi connectivity index (χ3v) is 11.6. The molecule has 0 saturated heterocycles. The van der Waals surface area contributed by atoms with Crippen molar-refractivity contribution in [1.29, 1.82) is 0 Å². The average molecular weight is 734 g/mol. The Kier molecular flexibility index (Phi) is 7.64. The molecular formula is C51H31N3OS. The monoisotopic (exact) mass is 733 g/mol. The van der Waals surface area contributed by atoms with Crippen molar-refractivity contribution in [3.8, 4) is 67.5 Å². The number of aromatic nitrogens is 3. The predicted molar refractivity (Wildman–Crippen MR) is 233 cm³/mol. The van der Waals surface area contributed by atoms with Gasteiger partial charge >= 0.3 is 0 Å². The van der Waals surface area contributed by atoms with Crippen molar-refractivity contribution >= 4 is 53.4 Å². The van der Waals surface area contributed by atoms with Crippen LogP contribution >= 0.6 is 11.3 Å². The summed E-state index contributed by atoms with van der Waals surface area (Å²) in [5, 5.41) is 4.57. The average Bonchev–Trinajstić information content (AvgIpc) is 3.85. The number of rotatable bonds is 6. The highest BCUT2D eigenvalue weighted by atomic mass is 32.1. The number of furan rings is 1. The molecule has 0 bridgehead atoms. The zero-order valence-corrected chi connectivity index (χ0v) is 30.9. The first-order chi connectivity index (χ1) is 27.7. The van der Waals surface area contributed by atoms with Gasteiger partial charge in [-0.1, -0.05) is 146 Å². The Hall–Kier alpha value is -7.21. The Morgan fingerprint density at radius 1 is 0.321 bits per heavy atom. The lowest BCUT2D eigenvalue weighted by Crippen LogP contribution is -2.00. The molecule has 3 heterocycles. The molecule has 0 aliphatic rings. The van der Waals surface area contributed by atoms with E-state index in [0.29, 0.717) is 17.5 Å². The van der Waals surface area contributed by atoms with Gasteiger partial charge in [0.2, 0.25) is 0 Å². The number of hydrogen-bond donors (Lipinski definition) is 0. The fourth-order valence-corrected chi connectivity index (χ4v) is 9.04. The maximum absolute atomic E-state index is 6.65. The molecule has 8 aromatic carbocycles. The van der Waals surface area contributed by atoms with E-state index in [9.17, 15) is 0 Å². The van der Waals surface area contributed by atoms with Crippen LogP contribution in [0.4, 0.5) is 0 Å². The van der Waals surface area contributed by atoms with Crippen LogP contribution in [0, 0.1) is 0 Å². The topological polar surface area (TPSA) is 51.8 Å². The van der Waals surface area contributed by atoms with E-state index in [0.717, 1.165) is 49.8 Å². The largest absolute Gasteiger partial charge is 0.456 e. The molecule has 262 valence electrons. The van der Waals surface area contributed by atoms with Crippen molar-refractivity contribution in [2.24, 2.45) is 0 Å². The van der Waals surface area contributed by atoms with E-state index in [1.807, 2.05) is 84.1 Å². The summed E-state index contributed by atoms with van der Waals surface area (Å²) in [6, 6.07) is 65.8. The van der Waals surface area contributed by atoms with Crippen molar-refractivity contribution in [3.05, 3.63) is 188 Å². The smallest absolute Gasteiger partial charge is 0.164 e. The van der Waals surface area contributed by atoms with Crippen LogP contribution in [0.1, 0.15) is 0 Å². The van der Waals surface area contributed by atoms with Gasteiger partial charge in [-0.15, -0.1) is 11.3 Å².